The van der Waals surface area contributed by atoms with Crippen molar-refractivity contribution in [1.29, 1.82) is 0 Å². The Kier molecular flexibility index (Phi) is 3.86. The molecule has 0 amide bonds. The van der Waals surface area contributed by atoms with Crippen molar-refractivity contribution in [3.8, 4) is 0 Å². The van der Waals surface area contributed by atoms with Gasteiger partial charge >= 0.3 is 0 Å². The highest BCUT2D eigenvalue weighted by Gasteiger charge is 2.19. The van der Waals surface area contributed by atoms with Crippen LogP contribution >= 0.6 is 0 Å². The third kappa shape index (κ3) is 2.86. The quantitative estimate of drug-likeness (QED) is 0.588. The molecule has 1 aromatic carbocycles. The number of nitrogen functional groups attached to an aromatic ring is 1. The maximum Gasteiger partial charge on any atom is 0.265 e. The van der Waals surface area contributed by atoms with E-state index >= 15 is 0 Å². The normalized spacial score (nSPS) is 11.2. The molecule has 0 radical (unpaired) electrons. The molecule has 2 rings (SSSR count). The van der Waals surface area contributed by atoms with E-state index in [2.05, 4.69) is 15.1 Å². The van der Waals surface area contributed by atoms with Gasteiger partial charge in [0.05, 0.1) is 5.69 Å². The molecule has 0 aliphatic carbocycles. The zero-order valence-electron chi connectivity index (χ0n) is 10.6. The van der Waals surface area contributed by atoms with Crippen LogP contribution < -0.4 is 16.0 Å². The highest BCUT2D eigenvalue weighted by Crippen LogP contribution is 2.22. The number of rotatable bonds is 4. The number of anilines is 2. The number of hydrazine groups is 1. The standard InChI is InChI=1S/C12H13FN4O2S/c1-8-4-5-9(7-10(8)13)17-20(18,19)11-3-2-6-15-12(11)16-14/h2-7,17H,14H2,1H3,(H,15,16). The molecular weight excluding hydrogens is 283 g/mol. The molecule has 0 unspecified atom stereocenters. The van der Waals surface area contributed by atoms with Crippen LogP contribution in [0, 0.1) is 12.7 Å². The Balaban J connectivity index is 2.38. The van der Waals surface area contributed by atoms with Crippen LogP contribution in [0.4, 0.5) is 15.9 Å². The minimum Gasteiger partial charge on any atom is -0.307 e. The summed E-state index contributed by atoms with van der Waals surface area (Å²) in [5.41, 5.74) is 2.76. The summed E-state index contributed by atoms with van der Waals surface area (Å²) >= 11 is 0. The van der Waals surface area contributed by atoms with Gasteiger partial charge in [0.1, 0.15) is 10.7 Å². The molecule has 0 saturated carbocycles. The summed E-state index contributed by atoms with van der Waals surface area (Å²) in [5, 5.41) is 0. The third-order valence-electron chi connectivity index (χ3n) is 2.62. The van der Waals surface area contributed by atoms with Gasteiger partial charge in [-0.2, -0.15) is 0 Å². The van der Waals surface area contributed by atoms with E-state index in [1.54, 1.807) is 6.92 Å². The molecule has 20 heavy (non-hydrogen) atoms. The van der Waals surface area contributed by atoms with E-state index < -0.39 is 15.8 Å². The van der Waals surface area contributed by atoms with Crippen LogP contribution in [-0.2, 0) is 10.0 Å². The first kappa shape index (κ1) is 14.2. The zero-order valence-corrected chi connectivity index (χ0v) is 11.4. The summed E-state index contributed by atoms with van der Waals surface area (Å²) < 4.78 is 40.1. The smallest absolute Gasteiger partial charge is 0.265 e. The minimum atomic E-state index is -3.91. The average molecular weight is 296 g/mol. The Hall–Kier alpha value is -2.19. The highest BCUT2D eigenvalue weighted by molar-refractivity contribution is 7.92. The fourth-order valence-corrected chi connectivity index (χ4v) is 2.75. The maximum atomic E-state index is 13.4. The van der Waals surface area contributed by atoms with Gasteiger partial charge in [-0.1, -0.05) is 6.07 Å². The van der Waals surface area contributed by atoms with Gasteiger partial charge in [0.25, 0.3) is 10.0 Å². The first-order chi connectivity index (χ1) is 9.44. The Bertz CT molecular complexity index is 734. The van der Waals surface area contributed by atoms with Crippen molar-refractivity contribution >= 4 is 21.5 Å². The van der Waals surface area contributed by atoms with Gasteiger partial charge < -0.3 is 5.43 Å². The topological polar surface area (TPSA) is 97.1 Å². The molecule has 0 bridgehead atoms. The second-order valence-electron chi connectivity index (χ2n) is 4.06. The number of halogens is 1. The summed E-state index contributed by atoms with van der Waals surface area (Å²) in [6, 6.07) is 6.87. The number of hydrogen-bond donors (Lipinski definition) is 3. The van der Waals surface area contributed by atoms with Gasteiger partial charge in [-0.15, -0.1) is 0 Å². The van der Waals surface area contributed by atoms with E-state index in [0.717, 1.165) is 6.07 Å². The van der Waals surface area contributed by atoms with Gasteiger partial charge in [-0.3, -0.25) is 4.72 Å². The number of sulfonamides is 1. The third-order valence-corrected chi connectivity index (χ3v) is 4.03. The molecule has 0 spiro atoms. The van der Waals surface area contributed by atoms with Gasteiger partial charge in [0.2, 0.25) is 0 Å². The lowest BCUT2D eigenvalue weighted by Crippen LogP contribution is -2.18. The number of nitrogens with zero attached hydrogens (tertiary/aromatic N) is 1. The molecule has 6 nitrogen and oxygen atoms in total. The Morgan fingerprint density at radius 3 is 2.70 bits per heavy atom. The number of hydrogen-bond acceptors (Lipinski definition) is 5. The zero-order chi connectivity index (χ0) is 14.8. The summed E-state index contributed by atoms with van der Waals surface area (Å²) in [7, 11) is -3.91. The van der Waals surface area contributed by atoms with Crippen LogP contribution in [0.25, 0.3) is 0 Å². The molecule has 0 saturated heterocycles. The molecule has 4 N–H and O–H groups in total. The van der Waals surface area contributed by atoms with E-state index in [1.165, 1.54) is 30.5 Å². The Morgan fingerprint density at radius 2 is 2.05 bits per heavy atom. The van der Waals surface area contributed by atoms with E-state index in [9.17, 15) is 12.8 Å². The van der Waals surface area contributed by atoms with Crippen LogP contribution in [0.5, 0.6) is 0 Å². The van der Waals surface area contributed by atoms with Crippen molar-refractivity contribution in [2.24, 2.45) is 5.84 Å². The van der Waals surface area contributed by atoms with Crippen LogP contribution in [0.3, 0.4) is 0 Å². The van der Waals surface area contributed by atoms with E-state index in [4.69, 9.17) is 5.84 Å². The molecule has 0 fully saturated rings. The summed E-state index contributed by atoms with van der Waals surface area (Å²) in [5.74, 6) is 4.73. The molecule has 1 heterocycles. The Morgan fingerprint density at radius 1 is 1.30 bits per heavy atom. The van der Waals surface area contributed by atoms with Crippen molar-refractivity contribution in [3.05, 3.63) is 47.9 Å². The van der Waals surface area contributed by atoms with Crippen molar-refractivity contribution in [1.82, 2.24) is 4.98 Å². The number of aromatic nitrogens is 1. The predicted molar refractivity (Wildman–Crippen MR) is 74.0 cm³/mol. The van der Waals surface area contributed by atoms with Gasteiger partial charge in [-0.25, -0.2) is 23.6 Å². The SMILES string of the molecule is Cc1ccc(NS(=O)(=O)c2cccnc2NN)cc1F. The number of pyridine rings is 1. The fourth-order valence-electron chi connectivity index (χ4n) is 1.58. The number of benzene rings is 1. The lowest BCUT2D eigenvalue weighted by molar-refractivity contribution is 0.601. The van der Waals surface area contributed by atoms with Crippen LogP contribution in [-0.4, -0.2) is 13.4 Å². The minimum absolute atomic E-state index is 0.00702. The summed E-state index contributed by atoms with van der Waals surface area (Å²) in [6.07, 6.45) is 1.40. The Labute approximate surface area is 115 Å². The van der Waals surface area contributed by atoms with E-state index in [0.29, 0.717) is 5.56 Å². The highest BCUT2D eigenvalue weighted by atomic mass is 32.2. The molecule has 0 aliphatic heterocycles. The van der Waals surface area contributed by atoms with Crippen molar-refractivity contribution in [2.75, 3.05) is 10.1 Å². The molecule has 0 atom stereocenters. The van der Waals surface area contributed by atoms with Crippen molar-refractivity contribution < 1.29 is 12.8 Å². The number of nitrogens with one attached hydrogen (secondary N) is 2. The van der Waals surface area contributed by atoms with Crippen molar-refractivity contribution in [2.45, 2.75) is 11.8 Å². The van der Waals surface area contributed by atoms with E-state index in [-0.39, 0.29) is 16.4 Å². The summed E-state index contributed by atoms with van der Waals surface area (Å²) in [4.78, 5) is 3.69. The van der Waals surface area contributed by atoms with Crippen molar-refractivity contribution in [3.63, 3.8) is 0 Å². The summed E-state index contributed by atoms with van der Waals surface area (Å²) in [6.45, 7) is 1.59. The van der Waals surface area contributed by atoms with Gasteiger partial charge in [0.15, 0.2) is 5.82 Å². The molecule has 0 aliphatic rings. The number of aryl methyl sites for hydroxylation is 1. The first-order valence-corrected chi connectivity index (χ1v) is 7.13. The second kappa shape index (κ2) is 5.43. The molecule has 8 heteroatoms. The number of nitrogens with two attached hydrogens (primary N) is 1. The van der Waals surface area contributed by atoms with Crippen LogP contribution in [0.1, 0.15) is 5.56 Å². The maximum absolute atomic E-state index is 13.4. The first-order valence-electron chi connectivity index (χ1n) is 5.64. The van der Waals surface area contributed by atoms with Crippen LogP contribution in [0.15, 0.2) is 41.4 Å². The van der Waals surface area contributed by atoms with Crippen LogP contribution in [0.2, 0.25) is 0 Å². The lowest BCUT2D eigenvalue weighted by atomic mass is 10.2. The van der Waals surface area contributed by atoms with Gasteiger partial charge in [-0.05, 0) is 36.8 Å². The molecule has 106 valence electrons. The fraction of sp³-hybridized carbons (Fsp3) is 0.0833. The van der Waals surface area contributed by atoms with Gasteiger partial charge in [0, 0.05) is 6.20 Å². The monoisotopic (exact) mass is 296 g/mol. The largest absolute Gasteiger partial charge is 0.307 e. The second-order valence-corrected chi connectivity index (χ2v) is 5.71. The lowest BCUT2D eigenvalue weighted by Gasteiger charge is -2.11. The van der Waals surface area contributed by atoms with E-state index in [1.807, 2.05) is 0 Å². The molecule has 1 aromatic heterocycles. The predicted octanol–water partition coefficient (Wildman–Crippen LogP) is 1.62. The molecular formula is C12H13FN4O2S. The molecule has 2 aromatic rings. The average Bonchev–Trinajstić information content (AvgIpc) is 2.42.